The topological polar surface area (TPSA) is 364 Å². The zero-order chi connectivity index (χ0) is 43.3. The van der Waals surface area contributed by atoms with Crippen LogP contribution in [0, 0.1) is 5.41 Å². The van der Waals surface area contributed by atoms with Gasteiger partial charge in [-0.1, -0.05) is 64.6 Å². The molecular formula is C30H52N7O17P3S. The standard InChI is InChI=1S/C30H52N7O17P3S/c1-4-5-6-7-8-9-10-21(39)58-14-13-32-20(38)11-12-33-28(42)25(41)30(2,3)16-51-57(48,49)54-56(46,47)50-15-19-24(53-55(43,44)45)23(40)29(52-19)37-18-36-22-26(31)34-17-35-27(22)37/h17-19,23-25,29,40-41H,4-16H2,1-3H3,(H,32,38)(H,33,42)(H,46,47)(H,48,49)(H2,31,34,35)(H2,43,44,45)/t19-,23+,24?,25+,29-/m1/s1. The summed E-state index contributed by atoms with van der Waals surface area (Å²) in [7, 11) is -16.4. The van der Waals surface area contributed by atoms with Crippen LogP contribution in [0.15, 0.2) is 12.7 Å². The second-order valence-electron chi connectivity index (χ2n) is 13.8. The van der Waals surface area contributed by atoms with E-state index in [0.717, 1.165) is 61.1 Å². The van der Waals surface area contributed by atoms with E-state index < -0.39 is 84.6 Å². The molecule has 3 rings (SSSR count). The van der Waals surface area contributed by atoms with E-state index in [1.54, 1.807) is 0 Å². The van der Waals surface area contributed by atoms with E-state index in [9.17, 15) is 57.9 Å². The summed E-state index contributed by atoms with van der Waals surface area (Å²) in [5.41, 5.74) is 4.28. The van der Waals surface area contributed by atoms with Gasteiger partial charge in [0.25, 0.3) is 0 Å². The molecule has 0 spiro atoms. The monoisotopic (exact) mass is 907 g/mol. The minimum absolute atomic E-state index is 0.0327. The van der Waals surface area contributed by atoms with Gasteiger partial charge in [-0.2, -0.15) is 4.31 Å². The number of unbranched alkanes of at least 4 members (excludes halogenated alkanes) is 5. The number of phosphoric acid groups is 3. The Balaban J connectivity index is 1.43. The molecule has 2 amide bonds. The summed E-state index contributed by atoms with van der Waals surface area (Å²) in [6, 6.07) is 0. The largest absolute Gasteiger partial charge is 0.481 e. The molecule has 2 aromatic heterocycles. The Labute approximate surface area is 337 Å². The molecular weight excluding hydrogens is 855 g/mol. The summed E-state index contributed by atoms with van der Waals surface area (Å²) >= 11 is 1.14. The average Bonchev–Trinajstić information content (AvgIpc) is 3.69. The van der Waals surface area contributed by atoms with Crippen LogP contribution >= 0.6 is 35.2 Å². The summed E-state index contributed by atoms with van der Waals surface area (Å²) in [4.78, 5) is 87.7. The lowest BCUT2D eigenvalue weighted by atomic mass is 9.87. The van der Waals surface area contributed by atoms with Gasteiger partial charge in [-0.05, 0) is 6.42 Å². The summed E-state index contributed by atoms with van der Waals surface area (Å²) < 4.78 is 62.2. The lowest BCUT2D eigenvalue weighted by Gasteiger charge is -2.30. The van der Waals surface area contributed by atoms with Crippen molar-refractivity contribution in [3.63, 3.8) is 0 Å². The number of rotatable bonds is 26. The lowest BCUT2D eigenvalue weighted by Crippen LogP contribution is -2.46. The fourth-order valence-corrected chi connectivity index (χ4v) is 8.97. The molecule has 0 radical (unpaired) electrons. The molecule has 58 heavy (non-hydrogen) atoms. The van der Waals surface area contributed by atoms with Crippen LogP contribution in [0.4, 0.5) is 5.82 Å². The van der Waals surface area contributed by atoms with E-state index in [-0.39, 0.29) is 41.6 Å². The number of anilines is 1. The van der Waals surface area contributed by atoms with E-state index in [2.05, 4.69) is 41.3 Å². The second-order valence-corrected chi connectivity index (χ2v) is 19.2. The minimum Gasteiger partial charge on any atom is -0.386 e. The summed E-state index contributed by atoms with van der Waals surface area (Å²) in [5, 5.41) is 26.5. The van der Waals surface area contributed by atoms with E-state index in [4.69, 9.17) is 19.5 Å². The Bertz CT molecular complexity index is 1840. The SMILES string of the molecule is CCCCCCCCC(=O)SCCNC(=O)CCNC(=O)[C@H](O)C(C)(C)COP(=O)(O)OP(=O)(O)OC[C@H]1O[C@@H](n2cnc3c(N)ncnc32)[C@@H](O)C1OP(=O)(O)O. The number of nitrogens with two attached hydrogens (primary N) is 1. The third kappa shape index (κ3) is 16.2. The van der Waals surface area contributed by atoms with Gasteiger partial charge in [0.1, 0.15) is 36.3 Å². The number of carbonyl (C=O) groups is 3. The molecule has 28 heteroatoms. The van der Waals surface area contributed by atoms with Gasteiger partial charge >= 0.3 is 23.5 Å². The number of fused-ring (bicyclic) bond motifs is 1. The first-order valence-electron chi connectivity index (χ1n) is 18.1. The molecule has 0 aromatic carbocycles. The number of hydrogen-bond acceptors (Lipinski definition) is 18. The smallest absolute Gasteiger partial charge is 0.386 e. The number of phosphoric ester groups is 3. The molecule has 10 N–H and O–H groups in total. The highest BCUT2D eigenvalue weighted by molar-refractivity contribution is 8.13. The number of imidazole rings is 1. The molecule has 0 saturated carbocycles. The Morgan fingerprint density at radius 1 is 0.983 bits per heavy atom. The summed E-state index contributed by atoms with van der Waals surface area (Å²) in [6.07, 6.45) is 0.0508. The van der Waals surface area contributed by atoms with Crippen molar-refractivity contribution < 1.29 is 80.5 Å². The van der Waals surface area contributed by atoms with Gasteiger partial charge in [0, 0.05) is 37.1 Å². The highest BCUT2D eigenvalue weighted by Gasteiger charge is 2.50. The fourth-order valence-electron chi connectivity index (χ4n) is 5.42. The number of amides is 2. The van der Waals surface area contributed by atoms with Gasteiger partial charge in [0.15, 0.2) is 22.8 Å². The van der Waals surface area contributed by atoms with Crippen LogP contribution in [0.25, 0.3) is 11.2 Å². The number of aliphatic hydroxyl groups is 2. The van der Waals surface area contributed by atoms with E-state index in [1.807, 2.05) is 0 Å². The zero-order valence-electron chi connectivity index (χ0n) is 32.0. The Morgan fingerprint density at radius 3 is 2.34 bits per heavy atom. The number of thioether (sulfide) groups is 1. The van der Waals surface area contributed by atoms with Gasteiger partial charge in [-0.15, -0.1) is 0 Å². The van der Waals surface area contributed by atoms with Gasteiger partial charge in [-0.25, -0.2) is 28.6 Å². The molecule has 1 aliphatic rings. The molecule has 1 fully saturated rings. The zero-order valence-corrected chi connectivity index (χ0v) is 35.5. The van der Waals surface area contributed by atoms with Crippen LogP contribution in [0.2, 0.25) is 0 Å². The maximum atomic E-state index is 12.7. The average molecular weight is 908 g/mol. The quantitative estimate of drug-likeness (QED) is 0.0476. The van der Waals surface area contributed by atoms with Crippen molar-refractivity contribution in [1.82, 2.24) is 30.2 Å². The normalized spacial score (nSPS) is 21.3. The Morgan fingerprint density at radius 2 is 1.66 bits per heavy atom. The van der Waals surface area contributed by atoms with Crippen LogP contribution in [0.1, 0.15) is 78.4 Å². The predicted octanol–water partition coefficient (Wildman–Crippen LogP) is 1.42. The Kier molecular flexibility index (Phi) is 19.3. The maximum Gasteiger partial charge on any atom is 0.481 e. The van der Waals surface area contributed by atoms with Crippen LogP contribution in [-0.2, 0) is 50.7 Å². The van der Waals surface area contributed by atoms with Crippen LogP contribution in [0.3, 0.4) is 0 Å². The third-order valence-electron chi connectivity index (χ3n) is 8.50. The molecule has 330 valence electrons. The van der Waals surface area contributed by atoms with Crippen molar-refractivity contribution in [3.8, 4) is 0 Å². The van der Waals surface area contributed by atoms with Crippen molar-refractivity contribution in [2.45, 2.75) is 103 Å². The molecule has 7 atom stereocenters. The molecule has 1 saturated heterocycles. The van der Waals surface area contributed by atoms with Crippen LogP contribution in [0.5, 0.6) is 0 Å². The number of nitrogens with zero attached hydrogens (tertiary/aromatic N) is 4. The number of nitrogen functional groups attached to an aromatic ring is 1. The maximum absolute atomic E-state index is 12.7. The molecule has 2 aromatic rings. The van der Waals surface area contributed by atoms with Crippen molar-refractivity contribution in [2.75, 3.05) is 37.8 Å². The number of nitrogens with one attached hydrogen (secondary N) is 2. The van der Waals surface area contributed by atoms with Crippen LogP contribution < -0.4 is 16.4 Å². The predicted molar refractivity (Wildman–Crippen MR) is 205 cm³/mol. The first-order valence-corrected chi connectivity index (χ1v) is 23.6. The molecule has 1 aliphatic heterocycles. The van der Waals surface area contributed by atoms with Crippen LogP contribution in [-0.4, -0.2) is 123 Å². The number of aliphatic hydroxyl groups excluding tert-OH is 2. The summed E-state index contributed by atoms with van der Waals surface area (Å²) in [6.45, 7) is 2.70. The van der Waals surface area contributed by atoms with E-state index in [1.165, 1.54) is 20.3 Å². The fraction of sp³-hybridized carbons (Fsp3) is 0.733. The first-order chi connectivity index (χ1) is 27.1. The highest BCUT2D eigenvalue weighted by atomic mass is 32.2. The minimum atomic E-state index is -5.57. The van der Waals surface area contributed by atoms with E-state index >= 15 is 0 Å². The highest BCUT2D eigenvalue weighted by Crippen LogP contribution is 2.61. The van der Waals surface area contributed by atoms with Crippen molar-refractivity contribution in [3.05, 3.63) is 12.7 Å². The van der Waals surface area contributed by atoms with Gasteiger partial charge in [0.05, 0.1) is 19.5 Å². The molecule has 0 bridgehead atoms. The number of carbonyl (C=O) groups excluding carboxylic acids is 3. The van der Waals surface area contributed by atoms with Gasteiger partial charge < -0.3 is 50.9 Å². The molecule has 3 unspecified atom stereocenters. The lowest BCUT2D eigenvalue weighted by molar-refractivity contribution is -0.137. The van der Waals surface area contributed by atoms with Gasteiger partial charge in [0.2, 0.25) is 11.8 Å². The van der Waals surface area contributed by atoms with Crippen molar-refractivity contribution >= 4 is 69.1 Å². The summed E-state index contributed by atoms with van der Waals surface area (Å²) in [5.74, 6) is -1.03. The first kappa shape index (κ1) is 49.9. The number of ether oxygens (including phenoxy) is 1. The van der Waals surface area contributed by atoms with Crippen molar-refractivity contribution in [2.24, 2.45) is 5.41 Å². The van der Waals surface area contributed by atoms with Crippen molar-refractivity contribution in [1.29, 1.82) is 0 Å². The molecule has 24 nitrogen and oxygen atoms in total. The molecule has 3 heterocycles. The van der Waals surface area contributed by atoms with Gasteiger partial charge in [-0.3, -0.25) is 32.5 Å². The Hall–Kier alpha value is -2.44. The molecule has 0 aliphatic carbocycles. The number of hydrogen-bond donors (Lipinski definition) is 9. The number of aromatic nitrogens is 4. The third-order valence-corrected chi connectivity index (χ3v) is 12.5. The second kappa shape index (κ2) is 22.4. The van der Waals surface area contributed by atoms with E-state index in [0.29, 0.717) is 12.2 Å².